The van der Waals surface area contributed by atoms with Gasteiger partial charge in [-0.1, -0.05) is 26.0 Å². The molecule has 0 aliphatic rings. The molecule has 0 radical (unpaired) electrons. The van der Waals surface area contributed by atoms with E-state index in [2.05, 4.69) is 24.5 Å². The predicted molar refractivity (Wildman–Crippen MR) is 90.7 cm³/mol. The first-order valence-electron chi connectivity index (χ1n) is 7.61. The molecular weight excluding hydrogens is 276 g/mol. The van der Waals surface area contributed by atoms with Gasteiger partial charge in [-0.15, -0.1) is 0 Å². The standard InChI is InChI=1S/C18H22N2O2/c1-3-13-22-17-11-9-16(10-12-17)20-18(21)19-15-7-5-14(4-2)6-8-15/h5-12H,3-4,13H2,1-2H3,(H2,19,20,21). The SMILES string of the molecule is CCCOc1ccc(NC(=O)Nc2ccc(CC)cc2)cc1. The number of aryl methyl sites for hydroxylation is 1. The normalized spacial score (nSPS) is 10.1. The summed E-state index contributed by atoms with van der Waals surface area (Å²) in [4.78, 5) is 11.9. The van der Waals surface area contributed by atoms with Gasteiger partial charge in [-0.2, -0.15) is 0 Å². The first-order chi connectivity index (χ1) is 10.7. The lowest BCUT2D eigenvalue weighted by molar-refractivity contribution is 0.262. The molecule has 2 amide bonds. The van der Waals surface area contributed by atoms with Gasteiger partial charge in [0.05, 0.1) is 6.61 Å². The number of amides is 2. The Balaban J connectivity index is 1.88. The Morgan fingerprint density at radius 2 is 1.45 bits per heavy atom. The van der Waals surface area contributed by atoms with Crippen molar-refractivity contribution in [2.45, 2.75) is 26.7 Å². The molecule has 2 aromatic rings. The summed E-state index contributed by atoms with van der Waals surface area (Å²) < 4.78 is 5.50. The number of urea groups is 1. The molecule has 4 nitrogen and oxygen atoms in total. The van der Waals surface area contributed by atoms with Gasteiger partial charge in [0, 0.05) is 11.4 Å². The Morgan fingerprint density at radius 1 is 0.909 bits per heavy atom. The first kappa shape index (κ1) is 15.9. The smallest absolute Gasteiger partial charge is 0.323 e. The molecule has 0 aromatic heterocycles. The van der Waals surface area contributed by atoms with Gasteiger partial charge in [0.25, 0.3) is 0 Å². The van der Waals surface area contributed by atoms with Crippen molar-refractivity contribution in [2.24, 2.45) is 0 Å². The maximum atomic E-state index is 11.9. The average molecular weight is 298 g/mol. The molecule has 0 heterocycles. The molecule has 0 unspecified atom stereocenters. The van der Waals surface area contributed by atoms with Crippen LogP contribution in [0.4, 0.5) is 16.2 Å². The molecule has 2 aromatic carbocycles. The molecule has 2 N–H and O–H groups in total. The third-order valence-corrected chi connectivity index (χ3v) is 3.21. The second-order valence-corrected chi connectivity index (χ2v) is 5.00. The largest absolute Gasteiger partial charge is 0.494 e. The second-order valence-electron chi connectivity index (χ2n) is 5.00. The molecule has 4 heteroatoms. The number of carbonyl (C=O) groups is 1. The highest BCUT2D eigenvalue weighted by molar-refractivity contribution is 5.99. The average Bonchev–Trinajstić information content (AvgIpc) is 2.55. The van der Waals surface area contributed by atoms with Gasteiger partial charge in [0.2, 0.25) is 0 Å². The monoisotopic (exact) mass is 298 g/mol. The summed E-state index contributed by atoms with van der Waals surface area (Å²) in [5, 5.41) is 5.61. The Bertz CT molecular complexity index is 591. The van der Waals surface area contributed by atoms with E-state index in [1.807, 2.05) is 48.5 Å². The number of anilines is 2. The van der Waals surface area contributed by atoms with Crippen LogP contribution in [0.15, 0.2) is 48.5 Å². The third kappa shape index (κ3) is 4.81. The lowest BCUT2D eigenvalue weighted by Crippen LogP contribution is -2.19. The maximum Gasteiger partial charge on any atom is 0.323 e. The van der Waals surface area contributed by atoms with Crippen LogP contribution in [0.3, 0.4) is 0 Å². The Labute approximate surface area is 131 Å². The van der Waals surface area contributed by atoms with Crippen molar-refractivity contribution >= 4 is 17.4 Å². The molecule has 22 heavy (non-hydrogen) atoms. The minimum atomic E-state index is -0.258. The number of nitrogens with one attached hydrogen (secondary N) is 2. The van der Waals surface area contributed by atoms with Crippen LogP contribution in [0.5, 0.6) is 5.75 Å². The number of ether oxygens (including phenoxy) is 1. The van der Waals surface area contributed by atoms with Crippen molar-refractivity contribution in [1.82, 2.24) is 0 Å². The fourth-order valence-corrected chi connectivity index (χ4v) is 1.97. The fourth-order valence-electron chi connectivity index (χ4n) is 1.97. The fraction of sp³-hybridized carbons (Fsp3) is 0.278. The van der Waals surface area contributed by atoms with E-state index in [1.165, 1.54) is 5.56 Å². The van der Waals surface area contributed by atoms with Crippen LogP contribution < -0.4 is 15.4 Å². The zero-order chi connectivity index (χ0) is 15.8. The molecule has 0 spiro atoms. The molecular formula is C18H22N2O2. The zero-order valence-electron chi connectivity index (χ0n) is 13.1. The van der Waals surface area contributed by atoms with E-state index >= 15 is 0 Å². The Hall–Kier alpha value is -2.49. The number of carbonyl (C=O) groups excluding carboxylic acids is 1. The highest BCUT2D eigenvalue weighted by Gasteiger charge is 2.03. The molecule has 0 aliphatic heterocycles. The van der Waals surface area contributed by atoms with Crippen LogP contribution in [0.1, 0.15) is 25.8 Å². The van der Waals surface area contributed by atoms with Crippen LogP contribution in [0.2, 0.25) is 0 Å². The van der Waals surface area contributed by atoms with Gasteiger partial charge in [0.1, 0.15) is 5.75 Å². The van der Waals surface area contributed by atoms with E-state index in [4.69, 9.17) is 4.74 Å². The maximum absolute atomic E-state index is 11.9. The van der Waals surface area contributed by atoms with Crippen molar-refractivity contribution in [3.05, 3.63) is 54.1 Å². The second kappa shape index (κ2) is 8.08. The molecule has 0 bridgehead atoms. The number of benzene rings is 2. The van der Waals surface area contributed by atoms with Gasteiger partial charge in [-0.25, -0.2) is 4.79 Å². The predicted octanol–water partition coefficient (Wildman–Crippen LogP) is 4.68. The molecule has 0 fully saturated rings. The topological polar surface area (TPSA) is 50.4 Å². The summed E-state index contributed by atoms with van der Waals surface area (Å²) in [7, 11) is 0. The summed E-state index contributed by atoms with van der Waals surface area (Å²) in [5.74, 6) is 0.808. The zero-order valence-corrected chi connectivity index (χ0v) is 13.1. The van der Waals surface area contributed by atoms with E-state index in [9.17, 15) is 4.79 Å². The van der Waals surface area contributed by atoms with Crippen LogP contribution >= 0.6 is 0 Å². The molecule has 0 saturated carbocycles. The van der Waals surface area contributed by atoms with Crippen LogP contribution in [-0.2, 0) is 6.42 Å². The van der Waals surface area contributed by atoms with Crippen LogP contribution in [0.25, 0.3) is 0 Å². The van der Waals surface area contributed by atoms with Crippen molar-refractivity contribution in [3.63, 3.8) is 0 Å². The van der Waals surface area contributed by atoms with Gasteiger partial charge in [-0.3, -0.25) is 0 Å². The number of rotatable bonds is 6. The molecule has 0 atom stereocenters. The summed E-state index contributed by atoms with van der Waals surface area (Å²) in [6, 6.07) is 14.9. The lowest BCUT2D eigenvalue weighted by Gasteiger charge is -2.09. The number of hydrogen-bond donors (Lipinski definition) is 2. The quantitative estimate of drug-likeness (QED) is 0.813. The third-order valence-electron chi connectivity index (χ3n) is 3.21. The molecule has 2 rings (SSSR count). The van der Waals surface area contributed by atoms with Gasteiger partial charge < -0.3 is 15.4 Å². The minimum absolute atomic E-state index is 0.258. The van der Waals surface area contributed by atoms with E-state index < -0.39 is 0 Å². The van der Waals surface area contributed by atoms with E-state index in [0.29, 0.717) is 6.61 Å². The Kier molecular flexibility index (Phi) is 5.83. The highest BCUT2D eigenvalue weighted by Crippen LogP contribution is 2.16. The van der Waals surface area contributed by atoms with Crippen LogP contribution in [0, 0.1) is 0 Å². The Morgan fingerprint density at radius 3 is 1.95 bits per heavy atom. The van der Waals surface area contributed by atoms with Gasteiger partial charge in [-0.05, 0) is 54.8 Å². The summed E-state index contributed by atoms with van der Waals surface area (Å²) in [6.45, 7) is 4.86. The molecule has 0 saturated heterocycles. The molecule has 116 valence electrons. The van der Waals surface area contributed by atoms with Crippen molar-refractivity contribution in [3.8, 4) is 5.75 Å². The van der Waals surface area contributed by atoms with E-state index in [-0.39, 0.29) is 6.03 Å². The molecule has 0 aliphatic carbocycles. The van der Waals surface area contributed by atoms with E-state index in [0.717, 1.165) is 30.0 Å². The summed E-state index contributed by atoms with van der Waals surface area (Å²) in [6.07, 6.45) is 1.96. The minimum Gasteiger partial charge on any atom is -0.494 e. The van der Waals surface area contributed by atoms with Gasteiger partial charge >= 0.3 is 6.03 Å². The highest BCUT2D eigenvalue weighted by atomic mass is 16.5. The number of hydrogen-bond acceptors (Lipinski definition) is 2. The van der Waals surface area contributed by atoms with Crippen molar-refractivity contribution < 1.29 is 9.53 Å². The summed E-state index contributed by atoms with van der Waals surface area (Å²) in [5.41, 5.74) is 2.75. The lowest BCUT2D eigenvalue weighted by atomic mass is 10.1. The van der Waals surface area contributed by atoms with Gasteiger partial charge in [0.15, 0.2) is 0 Å². The van der Waals surface area contributed by atoms with E-state index in [1.54, 1.807) is 0 Å². The van der Waals surface area contributed by atoms with Crippen molar-refractivity contribution in [1.29, 1.82) is 0 Å². The van der Waals surface area contributed by atoms with Crippen molar-refractivity contribution in [2.75, 3.05) is 17.2 Å². The van der Waals surface area contributed by atoms with Crippen LogP contribution in [-0.4, -0.2) is 12.6 Å². The summed E-state index contributed by atoms with van der Waals surface area (Å²) >= 11 is 0. The first-order valence-corrected chi connectivity index (χ1v) is 7.61.